The van der Waals surface area contributed by atoms with Crippen molar-refractivity contribution in [2.45, 2.75) is 31.8 Å². The van der Waals surface area contributed by atoms with E-state index < -0.39 is 28.7 Å². The van der Waals surface area contributed by atoms with Crippen LogP contribution in [-0.2, 0) is 16.1 Å². The van der Waals surface area contributed by atoms with Crippen LogP contribution in [0.2, 0.25) is 0 Å². The molecular formula is C22H23N3O8. The second-order valence-electron chi connectivity index (χ2n) is 7.80. The van der Waals surface area contributed by atoms with E-state index in [0.29, 0.717) is 31.3 Å². The molecule has 2 aromatic rings. The zero-order chi connectivity index (χ0) is 23.5. The minimum Gasteiger partial charge on any atom is -0.490 e. The van der Waals surface area contributed by atoms with Crippen LogP contribution in [0, 0.1) is 10.1 Å². The minimum atomic E-state index is -0.965. The fraction of sp³-hybridized carbons (Fsp3) is 0.409. The normalized spacial score (nSPS) is 17.4. The first-order valence-corrected chi connectivity index (χ1v) is 10.5. The van der Waals surface area contributed by atoms with Gasteiger partial charge in [0.05, 0.1) is 36.9 Å². The summed E-state index contributed by atoms with van der Waals surface area (Å²) in [5, 5.41) is 11.3. The van der Waals surface area contributed by atoms with Crippen LogP contribution < -0.4 is 15.0 Å². The maximum atomic E-state index is 13.2. The van der Waals surface area contributed by atoms with Gasteiger partial charge in [0.1, 0.15) is 6.54 Å². The van der Waals surface area contributed by atoms with Gasteiger partial charge in [-0.2, -0.15) is 0 Å². The number of nitrogens with zero attached hydrogens (tertiary/aromatic N) is 3. The minimum absolute atomic E-state index is 0.183. The number of carbonyl (C=O) groups is 2. The van der Waals surface area contributed by atoms with Crippen LogP contribution >= 0.6 is 0 Å². The highest BCUT2D eigenvalue weighted by atomic mass is 16.6. The predicted molar refractivity (Wildman–Crippen MR) is 114 cm³/mol. The molecule has 1 atom stereocenters. The largest absolute Gasteiger partial charge is 0.490 e. The zero-order valence-corrected chi connectivity index (χ0v) is 18.0. The van der Waals surface area contributed by atoms with Gasteiger partial charge in [0.2, 0.25) is 5.91 Å². The molecule has 11 heteroatoms. The quantitative estimate of drug-likeness (QED) is 0.379. The van der Waals surface area contributed by atoms with Gasteiger partial charge in [0.15, 0.2) is 11.5 Å². The van der Waals surface area contributed by atoms with Crippen molar-refractivity contribution >= 4 is 17.6 Å². The van der Waals surface area contributed by atoms with Crippen molar-refractivity contribution in [3.63, 3.8) is 0 Å². The van der Waals surface area contributed by atoms with Gasteiger partial charge in [0, 0.05) is 25.2 Å². The molecule has 11 nitrogen and oxygen atoms in total. The zero-order valence-electron chi connectivity index (χ0n) is 18.0. The third-order valence-corrected chi connectivity index (χ3v) is 5.72. The number of hydrogen-bond acceptors (Lipinski definition) is 8. The molecule has 2 aliphatic heterocycles. The number of rotatable bonds is 5. The van der Waals surface area contributed by atoms with Crippen LogP contribution in [0.5, 0.6) is 11.5 Å². The lowest BCUT2D eigenvalue weighted by atomic mass is 10.0. The van der Waals surface area contributed by atoms with Gasteiger partial charge in [-0.25, -0.2) is 4.79 Å². The van der Waals surface area contributed by atoms with Gasteiger partial charge in [-0.3, -0.25) is 24.3 Å². The van der Waals surface area contributed by atoms with E-state index in [9.17, 15) is 24.5 Å². The summed E-state index contributed by atoms with van der Waals surface area (Å²) in [6.07, 6.45) is 3.38. The SMILES string of the molecule is COC(=O)c1cc([N+](=O)[O-])c(=O)n(CC(=O)N2CCCC2c2ccc3c(c2)OCCCO3)c1. The molecule has 0 N–H and O–H groups in total. The third kappa shape index (κ3) is 4.52. The molecule has 1 amide bonds. The Morgan fingerprint density at radius 1 is 1.18 bits per heavy atom. The molecule has 1 aromatic carbocycles. The van der Waals surface area contributed by atoms with Crippen molar-refractivity contribution in [1.29, 1.82) is 0 Å². The average Bonchev–Trinajstić information content (AvgIpc) is 3.18. The van der Waals surface area contributed by atoms with Crippen LogP contribution in [-0.4, -0.2) is 53.1 Å². The highest BCUT2D eigenvalue weighted by Gasteiger charge is 2.32. The number of benzene rings is 1. The fourth-order valence-corrected chi connectivity index (χ4v) is 4.13. The molecular weight excluding hydrogens is 434 g/mol. The average molecular weight is 457 g/mol. The Kier molecular flexibility index (Phi) is 6.29. The molecule has 4 rings (SSSR count). The van der Waals surface area contributed by atoms with Gasteiger partial charge >= 0.3 is 17.2 Å². The standard InChI is InChI=1S/C22H23N3O8/c1-31-22(28)15-10-17(25(29)30)21(27)23(12-15)13-20(26)24-7-2-4-16(24)14-5-6-18-19(11-14)33-9-3-8-32-18/h5-6,10-12,16H,2-4,7-9,13H2,1H3. The number of amides is 1. The summed E-state index contributed by atoms with van der Waals surface area (Å²) in [4.78, 5) is 49.6. The molecule has 3 heterocycles. The van der Waals surface area contributed by atoms with Crippen molar-refractivity contribution in [2.75, 3.05) is 26.9 Å². The summed E-state index contributed by atoms with van der Waals surface area (Å²) < 4.78 is 16.9. The van der Waals surface area contributed by atoms with E-state index in [1.54, 1.807) is 4.90 Å². The molecule has 0 saturated carbocycles. The molecule has 33 heavy (non-hydrogen) atoms. The van der Waals surface area contributed by atoms with E-state index in [0.717, 1.165) is 48.8 Å². The number of pyridine rings is 1. The molecule has 1 fully saturated rings. The van der Waals surface area contributed by atoms with E-state index in [-0.39, 0.29) is 17.5 Å². The number of carbonyl (C=O) groups excluding carboxylic acids is 2. The monoisotopic (exact) mass is 457 g/mol. The second-order valence-corrected chi connectivity index (χ2v) is 7.80. The van der Waals surface area contributed by atoms with Gasteiger partial charge in [-0.15, -0.1) is 0 Å². The number of ether oxygens (including phenoxy) is 3. The highest BCUT2D eigenvalue weighted by molar-refractivity contribution is 5.89. The van der Waals surface area contributed by atoms with E-state index in [4.69, 9.17) is 9.47 Å². The van der Waals surface area contributed by atoms with Crippen molar-refractivity contribution in [1.82, 2.24) is 9.47 Å². The molecule has 1 aromatic heterocycles. The van der Waals surface area contributed by atoms with Crippen molar-refractivity contribution in [3.8, 4) is 11.5 Å². The summed E-state index contributed by atoms with van der Waals surface area (Å²) >= 11 is 0. The molecule has 0 bridgehead atoms. The van der Waals surface area contributed by atoms with E-state index in [1.165, 1.54) is 0 Å². The topological polar surface area (TPSA) is 130 Å². The summed E-state index contributed by atoms with van der Waals surface area (Å²) in [6.45, 7) is 1.16. The first-order valence-electron chi connectivity index (χ1n) is 10.5. The highest BCUT2D eigenvalue weighted by Crippen LogP contribution is 2.38. The molecule has 2 aliphatic rings. The fourth-order valence-electron chi connectivity index (χ4n) is 4.13. The Hall–Kier alpha value is -3.89. The van der Waals surface area contributed by atoms with E-state index >= 15 is 0 Å². The first kappa shape index (κ1) is 22.3. The number of aromatic nitrogens is 1. The molecule has 0 spiro atoms. The number of methoxy groups -OCH3 is 1. The summed E-state index contributed by atoms with van der Waals surface area (Å²) in [5.41, 5.74) is -1.07. The van der Waals surface area contributed by atoms with E-state index in [2.05, 4.69) is 4.74 Å². The molecule has 0 radical (unpaired) electrons. The van der Waals surface area contributed by atoms with Gasteiger partial charge in [-0.05, 0) is 30.5 Å². The molecule has 1 saturated heterocycles. The number of likely N-dealkylation sites (tertiary alicyclic amines) is 1. The van der Waals surface area contributed by atoms with Gasteiger partial charge < -0.3 is 19.1 Å². The number of nitro groups is 1. The second kappa shape index (κ2) is 9.31. The van der Waals surface area contributed by atoms with Crippen LogP contribution in [0.25, 0.3) is 0 Å². The Morgan fingerprint density at radius 3 is 2.67 bits per heavy atom. The first-order chi connectivity index (χ1) is 15.9. The van der Waals surface area contributed by atoms with E-state index in [1.807, 2.05) is 18.2 Å². The maximum absolute atomic E-state index is 13.2. The summed E-state index contributed by atoms with van der Waals surface area (Å²) in [6, 6.07) is 6.20. The van der Waals surface area contributed by atoms with Crippen LogP contribution in [0.15, 0.2) is 35.3 Å². The lowest BCUT2D eigenvalue weighted by molar-refractivity contribution is -0.386. The van der Waals surface area contributed by atoms with Crippen molar-refractivity contribution in [3.05, 3.63) is 62.1 Å². The Labute approximate surface area is 188 Å². The van der Waals surface area contributed by atoms with Crippen LogP contribution in [0.3, 0.4) is 0 Å². The number of fused-ring (bicyclic) bond motifs is 1. The lowest BCUT2D eigenvalue weighted by Gasteiger charge is -2.26. The van der Waals surface area contributed by atoms with Crippen molar-refractivity contribution in [2.24, 2.45) is 0 Å². The molecule has 0 aliphatic carbocycles. The lowest BCUT2D eigenvalue weighted by Crippen LogP contribution is -2.36. The number of esters is 1. The van der Waals surface area contributed by atoms with Gasteiger partial charge in [-0.1, -0.05) is 6.07 Å². The summed E-state index contributed by atoms with van der Waals surface area (Å²) in [7, 11) is 1.12. The number of hydrogen-bond donors (Lipinski definition) is 0. The third-order valence-electron chi connectivity index (χ3n) is 5.72. The predicted octanol–water partition coefficient (Wildman–Crippen LogP) is 2.07. The Bertz CT molecular complexity index is 1160. The summed E-state index contributed by atoms with van der Waals surface area (Å²) in [5.74, 6) is 0.0566. The Morgan fingerprint density at radius 2 is 1.94 bits per heavy atom. The van der Waals surface area contributed by atoms with Gasteiger partial charge in [0.25, 0.3) is 0 Å². The van der Waals surface area contributed by atoms with Crippen LogP contribution in [0.4, 0.5) is 5.69 Å². The Balaban J connectivity index is 1.60. The smallest absolute Gasteiger partial charge is 0.339 e. The van der Waals surface area contributed by atoms with Crippen LogP contribution in [0.1, 0.15) is 41.2 Å². The molecule has 1 unspecified atom stereocenters. The van der Waals surface area contributed by atoms with Crippen molar-refractivity contribution < 1.29 is 28.7 Å². The maximum Gasteiger partial charge on any atom is 0.339 e. The molecule has 174 valence electrons.